The Morgan fingerprint density at radius 3 is 2.44 bits per heavy atom. The third-order valence-electron chi connectivity index (χ3n) is 2.59. The zero-order valence-electron chi connectivity index (χ0n) is 9.86. The van der Waals surface area contributed by atoms with Crippen LogP contribution >= 0.6 is 0 Å². The Bertz CT molecular complexity index is 361. The van der Waals surface area contributed by atoms with Crippen LogP contribution in [0.4, 0.5) is 0 Å². The summed E-state index contributed by atoms with van der Waals surface area (Å²) in [5.41, 5.74) is -0.00160. The summed E-state index contributed by atoms with van der Waals surface area (Å²) in [7, 11) is 1.63. The van der Waals surface area contributed by atoms with Gasteiger partial charge in [0.25, 0.3) is 0 Å². The van der Waals surface area contributed by atoms with Crippen LogP contribution in [0.5, 0.6) is 5.75 Å². The largest absolute Gasteiger partial charge is 0.497 e. The van der Waals surface area contributed by atoms with Gasteiger partial charge in [-0.25, -0.2) is 0 Å². The summed E-state index contributed by atoms with van der Waals surface area (Å²) in [6.45, 7) is 2.01. The lowest BCUT2D eigenvalue weighted by Crippen LogP contribution is -2.29. The second kappa shape index (κ2) is 5.58. The fraction of sp³-hybridized carbons (Fsp3) is 0.429. The molecule has 0 aliphatic carbocycles. The maximum absolute atomic E-state index is 10.1. The lowest BCUT2D eigenvalue weighted by Gasteiger charge is -2.21. The van der Waals surface area contributed by atoms with Gasteiger partial charge in [0, 0.05) is 6.42 Å². The lowest BCUT2D eigenvalue weighted by atomic mass is 9.91. The van der Waals surface area contributed by atoms with Crippen molar-refractivity contribution in [2.75, 3.05) is 7.11 Å². The van der Waals surface area contributed by atoms with Gasteiger partial charge < -0.3 is 9.84 Å². The van der Waals surface area contributed by atoms with Gasteiger partial charge >= 0.3 is 0 Å². The van der Waals surface area contributed by atoms with Crippen molar-refractivity contribution in [1.82, 2.24) is 0 Å². The Morgan fingerprint density at radius 2 is 2.00 bits per heavy atom. The molecule has 0 aliphatic rings. The molecule has 0 heterocycles. The minimum absolute atomic E-state index is 0.487. The number of aliphatic hydroxyl groups is 1. The summed E-state index contributed by atoms with van der Waals surface area (Å²) < 4.78 is 5.07. The van der Waals surface area contributed by atoms with Crippen LogP contribution in [0.15, 0.2) is 24.3 Å². The molecule has 86 valence electrons. The predicted octanol–water partition coefficient (Wildman–Crippen LogP) is 2.40. The van der Waals surface area contributed by atoms with E-state index in [-0.39, 0.29) is 0 Å². The van der Waals surface area contributed by atoms with Crippen molar-refractivity contribution >= 4 is 0 Å². The first kappa shape index (κ1) is 12.6. The standard InChI is InChI=1S/C14H18O2/c1-4-10-14(15,5-2)11-12-6-8-13(16-3)9-7-12/h2,6-9,15H,4,10-11H2,1,3H3. The van der Waals surface area contributed by atoms with Crippen LogP contribution in [-0.4, -0.2) is 17.8 Å². The fourth-order valence-corrected chi connectivity index (χ4v) is 1.71. The number of benzene rings is 1. The van der Waals surface area contributed by atoms with Crippen molar-refractivity contribution in [3.63, 3.8) is 0 Å². The van der Waals surface area contributed by atoms with Gasteiger partial charge in [-0.2, -0.15) is 0 Å². The van der Waals surface area contributed by atoms with Crippen molar-refractivity contribution < 1.29 is 9.84 Å². The van der Waals surface area contributed by atoms with Crippen molar-refractivity contribution in [2.45, 2.75) is 31.8 Å². The quantitative estimate of drug-likeness (QED) is 0.769. The minimum atomic E-state index is -1.02. The molecule has 0 amide bonds. The fourth-order valence-electron chi connectivity index (χ4n) is 1.71. The Hall–Kier alpha value is -1.46. The van der Waals surface area contributed by atoms with E-state index < -0.39 is 5.60 Å². The molecular weight excluding hydrogens is 200 g/mol. The first-order valence-electron chi connectivity index (χ1n) is 5.46. The number of ether oxygens (including phenoxy) is 1. The van der Waals surface area contributed by atoms with Crippen LogP contribution in [0.1, 0.15) is 25.3 Å². The normalized spacial score (nSPS) is 13.9. The molecule has 1 atom stereocenters. The maximum atomic E-state index is 10.1. The average molecular weight is 218 g/mol. The molecule has 1 aromatic rings. The molecule has 1 aromatic carbocycles. The molecule has 1 N–H and O–H groups in total. The topological polar surface area (TPSA) is 29.5 Å². The maximum Gasteiger partial charge on any atom is 0.129 e. The van der Waals surface area contributed by atoms with E-state index in [1.807, 2.05) is 31.2 Å². The number of rotatable bonds is 5. The van der Waals surface area contributed by atoms with E-state index >= 15 is 0 Å². The van der Waals surface area contributed by atoms with Crippen molar-refractivity contribution in [1.29, 1.82) is 0 Å². The highest BCUT2D eigenvalue weighted by Gasteiger charge is 2.22. The van der Waals surface area contributed by atoms with Gasteiger partial charge in [-0.3, -0.25) is 0 Å². The van der Waals surface area contributed by atoms with E-state index in [1.165, 1.54) is 0 Å². The molecule has 0 radical (unpaired) electrons. The highest BCUT2D eigenvalue weighted by atomic mass is 16.5. The summed E-state index contributed by atoms with van der Waals surface area (Å²) in [4.78, 5) is 0. The molecule has 2 nitrogen and oxygen atoms in total. The van der Waals surface area contributed by atoms with Gasteiger partial charge in [0.05, 0.1) is 7.11 Å². The first-order chi connectivity index (χ1) is 7.63. The van der Waals surface area contributed by atoms with Crippen LogP contribution < -0.4 is 4.74 Å². The molecule has 0 spiro atoms. The molecule has 1 rings (SSSR count). The smallest absolute Gasteiger partial charge is 0.129 e. The summed E-state index contributed by atoms with van der Waals surface area (Å²) in [6.07, 6.45) is 7.35. The molecule has 0 fully saturated rings. The number of terminal acetylenes is 1. The van der Waals surface area contributed by atoms with Crippen LogP contribution in [-0.2, 0) is 6.42 Å². The van der Waals surface area contributed by atoms with Crippen LogP contribution in [0.2, 0.25) is 0 Å². The van der Waals surface area contributed by atoms with Crippen molar-refractivity contribution in [2.24, 2.45) is 0 Å². The van der Waals surface area contributed by atoms with Gasteiger partial charge in [-0.1, -0.05) is 31.4 Å². The molecule has 0 aromatic heterocycles. The zero-order valence-corrected chi connectivity index (χ0v) is 9.86. The van der Waals surface area contributed by atoms with Gasteiger partial charge in [0.2, 0.25) is 0 Å². The van der Waals surface area contributed by atoms with Crippen LogP contribution in [0.25, 0.3) is 0 Å². The van der Waals surface area contributed by atoms with Gasteiger partial charge in [-0.15, -0.1) is 6.42 Å². The lowest BCUT2D eigenvalue weighted by molar-refractivity contribution is 0.0914. The van der Waals surface area contributed by atoms with Crippen molar-refractivity contribution in [3.8, 4) is 18.1 Å². The first-order valence-corrected chi connectivity index (χ1v) is 5.46. The van der Waals surface area contributed by atoms with Gasteiger partial charge in [0.1, 0.15) is 11.4 Å². The summed E-state index contributed by atoms with van der Waals surface area (Å²) >= 11 is 0. The van der Waals surface area contributed by atoms with E-state index in [1.54, 1.807) is 7.11 Å². The Morgan fingerprint density at radius 1 is 1.38 bits per heavy atom. The molecule has 1 unspecified atom stereocenters. The Labute approximate surface area is 97.3 Å². The minimum Gasteiger partial charge on any atom is -0.497 e. The highest BCUT2D eigenvalue weighted by molar-refractivity contribution is 5.29. The van der Waals surface area contributed by atoms with Crippen LogP contribution in [0.3, 0.4) is 0 Å². The second-order valence-corrected chi connectivity index (χ2v) is 3.95. The number of methoxy groups -OCH3 is 1. The van der Waals surface area contributed by atoms with E-state index in [2.05, 4.69) is 5.92 Å². The molecule has 16 heavy (non-hydrogen) atoms. The molecule has 0 saturated carbocycles. The molecule has 0 aliphatic heterocycles. The van der Waals surface area contributed by atoms with Gasteiger partial charge in [0.15, 0.2) is 0 Å². The molecular formula is C14H18O2. The molecule has 2 heteroatoms. The second-order valence-electron chi connectivity index (χ2n) is 3.95. The predicted molar refractivity (Wildman–Crippen MR) is 65.4 cm³/mol. The van der Waals surface area contributed by atoms with Crippen molar-refractivity contribution in [3.05, 3.63) is 29.8 Å². The Kier molecular flexibility index (Phi) is 4.39. The molecule has 0 saturated heterocycles. The summed E-state index contributed by atoms with van der Waals surface area (Å²) in [5.74, 6) is 3.29. The van der Waals surface area contributed by atoms with Crippen LogP contribution in [0, 0.1) is 12.3 Å². The van der Waals surface area contributed by atoms with E-state index in [9.17, 15) is 5.11 Å². The van der Waals surface area contributed by atoms with E-state index in [0.29, 0.717) is 12.8 Å². The van der Waals surface area contributed by atoms with Gasteiger partial charge in [-0.05, 0) is 24.1 Å². The van der Waals surface area contributed by atoms with E-state index in [0.717, 1.165) is 17.7 Å². The molecule has 0 bridgehead atoms. The number of hydrogen-bond acceptors (Lipinski definition) is 2. The zero-order chi connectivity index (χ0) is 12.0. The monoisotopic (exact) mass is 218 g/mol. The SMILES string of the molecule is C#CC(O)(CCC)Cc1ccc(OC)cc1. The third kappa shape index (κ3) is 3.29. The Balaban J connectivity index is 2.75. The summed E-state index contributed by atoms with van der Waals surface area (Å²) in [6, 6.07) is 7.60. The number of hydrogen-bond donors (Lipinski definition) is 1. The summed E-state index contributed by atoms with van der Waals surface area (Å²) in [5, 5.41) is 10.1. The third-order valence-corrected chi connectivity index (χ3v) is 2.59. The highest BCUT2D eigenvalue weighted by Crippen LogP contribution is 2.20. The van der Waals surface area contributed by atoms with E-state index in [4.69, 9.17) is 11.2 Å². The average Bonchev–Trinajstić information content (AvgIpc) is 2.30.